The molecule has 1 rings (SSSR count). The van der Waals surface area contributed by atoms with Crippen molar-refractivity contribution in [3.63, 3.8) is 0 Å². The van der Waals surface area contributed by atoms with Gasteiger partial charge in [0.25, 0.3) is 0 Å². The molecule has 0 fully saturated rings. The normalized spacial score (nSPS) is 37.4. The van der Waals surface area contributed by atoms with Crippen LogP contribution in [0.1, 0.15) is 13.8 Å². The van der Waals surface area contributed by atoms with Gasteiger partial charge in [-0.15, -0.1) is 0 Å². The summed E-state index contributed by atoms with van der Waals surface area (Å²) in [6.07, 6.45) is 7.26. The van der Waals surface area contributed by atoms with Crippen molar-refractivity contribution in [1.82, 2.24) is 0 Å². The van der Waals surface area contributed by atoms with Crippen molar-refractivity contribution in [2.75, 3.05) is 0 Å². The van der Waals surface area contributed by atoms with Crippen LogP contribution in [-0.2, 0) is 9.09 Å². The number of hydrogen-bond acceptors (Lipinski definition) is 2. The highest BCUT2D eigenvalue weighted by Gasteiger charge is 2.35. The number of allylic oxidation sites excluding steroid dienone is 2. The van der Waals surface area contributed by atoms with E-state index in [1.54, 1.807) is 19.1 Å². The molecule has 0 amide bonds. The van der Waals surface area contributed by atoms with Crippen LogP contribution >= 0.6 is 18.2 Å². The van der Waals surface area contributed by atoms with Crippen LogP contribution in [0.4, 0.5) is 0 Å². The maximum absolute atomic E-state index is 10.9. The lowest BCUT2D eigenvalue weighted by molar-refractivity contribution is 0.0917. The van der Waals surface area contributed by atoms with Crippen molar-refractivity contribution >= 4 is 18.2 Å². The van der Waals surface area contributed by atoms with E-state index in [9.17, 15) is 4.57 Å². The third-order valence-corrected chi connectivity index (χ3v) is 2.98. The minimum atomic E-state index is -3.95. The molecule has 3 nitrogen and oxygen atoms in total. The zero-order valence-electron chi connectivity index (χ0n) is 7.48. The Kier molecular flexibility index (Phi) is 3.03. The van der Waals surface area contributed by atoms with Crippen molar-refractivity contribution in [2.45, 2.75) is 19.4 Å². The molecule has 3 unspecified atom stereocenters. The van der Waals surface area contributed by atoms with E-state index in [1.165, 1.54) is 0 Å². The zero-order chi connectivity index (χ0) is 10.1. The Morgan fingerprint density at radius 1 is 1.62 bits per heavy atom. The second-order valence-electron chi connectivity index (χ2n) is 3.26. The Balaban J connectivity index is 2.82. The molecule has 74 valence electrons. The molecule has 0 radical (unpaired) electrons. The van der Waals surface area contributed by atoms with Crippen LogP contribution in [0, 0.1) is 5.92 Å². The van der Waals surface area contributed by atoms with E-state index in [0.717, 1.165) is 0 Å². The molecule has 1 N–H and O–H groups in total. The van der Waals surface area contributed by atoms with Crippen molar-refractivity contribution in [3.8, 4) is 0 Å². The van der Waals surface area contributed by atoms with Crippen LogP contribution < -0.4 is 0 Å². The summed E-state index contributed by atoms with van der Waals surface area (Å²) >= 11 is 5.15. The van der Waals surface area contributed by atoms with Gasteiger partial charge in [0, 0.05) is 17.2 Å². The maximum atomic E-state index is 10.9. The van der Waals surface area contributed by atoms with Crippen molar-refractivity contribution in [1.29, 1.82) is 0 Å². The molecule has 13 heavy (non-hydrogen) atoms. The molecule has 0 bridgehead atoms. The molecule has 3 atom stereocenters. The topological polar surface area (TPSA) is 46.5 Å². The molecule has 0 heterocycles. The van der Waals surface area contributed by atoms with Gasteiger partial charge in [-0.05, 0) is 6.92 Å². The first-order valence-corrected chi connectivity index (χ1v) is 6.41. The molecule has 1 aliphatic carbocycles. The van der Waals surface area contributed by atoms with Crippen LogP contribution in [-0.4, -0.2) is 10.5 Å². The first-order valence-electron chi connectivity index (χ1n) is 3.93. The van der Waals surface area contributed by atoms with E-state index in [4.69, 9.17) is 20.7 Å². The second-order valence-corrected chi connectivity index (χ2v) is 5.63. The Hall–Kier alpha value is -0.0800. The molecule has 0 aromatic rings. The molecular formula is C8H12ClO3P. The van der Waals surface area contributed by atoms with E-state index >= 15 is 0 Å². The van der Waals surface area contributed by atoms with E-state index in [-0.39, 0.29) is 5.92 Å². The van der Waals surface area contributed by atoms with Crippen molar-refractivity contribution in [2.24, 2.45) is 5.92 Å². The SMILES string of the molecule is CC1C=CC=CC1(C)OP(=O)(O)Cl. The fourth-order valence-electron chi connectivity index (χ4n) is 1.18. The van der Waals surface area contributed by atoms with Crippen LogP contribution in [0.15, 0.2) is 24.3 Å². The Labute approximate surface area is 82.4 Å². The zero-order valence-corrected chi connectivity index (χ0v) is 9.13. The lowest BCUT2D eigenvalue weighted by Gasteiger charge is -2.32. The van der Waals surface area contributed by atoms with Gasteiger partial charge in [0.15, 0.2) is 0 Å². The van der Waals surface area contributed by atoms with Crippen molar-refractivity contribution < 1.29 is 14.0 Å². The number of hydrogen-bond donors (Lipinski definition) is 1. The Morgan fingerprint density at radius 2 is 2.23 bits per heavy atom. The predicted molar refractivity (Wildman–Crippen MR) is 52.6 cm³/mol. The fraction of sp³-hybridized carbons (Fsp3) is 0.500. The number of halogens is 1. The summed E-state index contributed by atoms with van der Waals surface area (Å²) in [7, 11) is 0. The van der Waals surface area contributed by atoms with E-state index < -0.39 is 12.5 Å². The first-order chi connectivity index (χ1) is 5.83. The summed E-state index contributed by atoms with van der Waals surface area (Å²) in [6, 6.07) is 0. The summed E-state index contributed by atoms with van der Waals surface area (Å²) in [6.45, 7) is -0.329. The molecule has 5 heteroatoms. The molecule has 0 spiro atoms. The molecule has 0 aliphatic heterocycles. The first kappa shape index (κ1) is 11.0. The highest BCUT2D eigenvalue weighted by molar-refractivity contribution is 7.80. The molecule has 1 aliphatic rings. The second kappa shape index (κ2) is 3.58. The molecule has 0 aromatic carbocycles. The fourth-order valence-corrected chi connectivity index (χ4v) is 2.33. The average molecular weight is 223 g/mol. The Bertz CT molecular complexity index is 294. The molecule has 0 saturated heterocycles. The third-order valence-electron chi connectivity index (χ3n) is 2.15. The van der Waals surface area contributed by atoms with Gasteiger partial charge >= 0.3 is 6.95 Å². The van der Waals surface area contributed by atoms with Crippen molar-refractivity contribution in [3.05, 3.63) is 24.3 Å². The number of rotatable bonds is 2. The molecular weight excluding hydrogens is 211 g/mol. The minimum Gasteiger partial charge on any atom is -0.313 e. The van der Waals surface area contributed by atoms with Gasteiger partial charge in [-0.1, -0.05) is 31.2 Å². The van der Waals surface area contributed by atoms with Gasteiger partial charge in [-0.2, -0.15) is 0 Å². The van der Waals surface area contributed by atoms with Crippen LogP contribution in [0.3, 0.4) is 0 Å². The van der Waals surface area contributed by atoms with Gasteiger partial charge in [0.2, 0.25) is 0 Å². The monoisotopic (exact) mass is 222 g/mol. The summed E-state index contributed by atoms with van der Waals surface area (Å²) in [5, 5.41) is 0. The summed E-state index contributed by atoms with van der Waals surface area (Å²) in [5.41, 5.74) is -0.791. The van der Waals surface area contributed by atoms with Gasteiger partial charge in [0.05, 0.1) is 0 Å². The largest absolute Gasteiger partial charge is 0.422 e. The highest BCUT2D eigenvalue weighted by atomic mass is 35.7. The Morgan fingerprint density at radius 3 is 2.69 bits per heavy atom. The molecule has 0 aromatic heterocycles. The van der Waals surface area contributed by atoms with Crippen LogP contribution in [0.2, 0.25) is 0 Å². The van der Waals surface area contributed by atoms with E-state index in [2.05, 4.69) is 0 Å². The van der Waals surface area contributed by atoms with Crippen LogP contribution in [0.5, 0.6) is 0 Å². The van der Waals surface area contributed by atoms with Gasteiger partial charge in [-0.3, -0.25) is 4.52 Å². The summed E-state index contributed by atoms with van der Waals surface area (Å²) < 4.78 is 15.8. The van der Waals surface area contributed by atoms with E-state index in [1.807, 2.05) is 19.1 Å². The predicted octanol–water partition coefficient (Wildman–Crippen LogP) is 2.86. The highest BCUT2D eigenvalue weighted by Crippen LogP contribution is 2.53. The van der Waals surface area contributed by atoms with Gasteiger partial charge in [0.1, 0.15) is 5.60 Å². The van der Waals surface area contributed by atoms with E-state index in [0.29, 0.717) is 0 Å². The minimum absolute atomic E-state index is 0.0247. The quantitative estimate of drug-likeness (QED) is 0.731. The summed E-state index contributed by atoms with van der Waals surface area (Å²) in [4.78, 5) is 8.89. The maximum Gasteiger partial charge on any atom is 0.422 e. The smallest absolute Gasteiger partial charge is 0.313 e. The van der Waals surface area contributed by atoms with Crippen LogP contribution in [0.25, 0.3) is 0 Å². The lowest BCUT2D eigenvalue weighted by atomic mass is 9.87. The molecule has 0 saturated carbocycles. The average Bonchev–Trinajstić information content (AvgIpc) is 1.92. The van der Waals surface area contributed by atoms with Gasteiger partial charge in [-0.25, -0.2) is 4.57 Å². The third kappa shape index (κ3) is 2.96. The lowest BCUT2D eigenvalue weighted by Crippen LogP contribution is -2.32. The standard InChI is InChI=1S/C8H12ClO3P/c1-7-5-3-4-6-8(7,2)12-13(9,10)11/h3-7H,1-2H3,(H,10,11). The van der Waals surface area contributed by atoms with Gasteiger partial charge < -0.3 is 4.89 Å². The summed E-state index contributed by atoms with van der Waals surface area (Å²) in [5.74, 6) is 0.0247.